The number of furan rings is 1. The van der Waals surface area contributed by atoms with Crippen molar-refractivity contribution in [3.63, 3.8) is 0 Å². The molecule has 2 amide bonds. The first kappa shape index (κ1) is 21.7. The molecule has 0 fully saturated rings. The number of carbonyl (C=O) groups is 2. The third-order valence-electron chi connectivity index (χ3n) is 4.86. The second-order valence-electron chi connectivity index (χ2n) is 7.05. The summed E-state index contributed by atoms with van der Waals surface area (Å²) >= 11 is 12.3. The summed E-state index contributed by atoms with van der Waals surface area (Å²) in [5.41, 5.74) is 3.08. The van der Waals surface area contributed by atoms with E-state index >= 15 is 0 Å². The van der Waals surface area contributed by atoms with Crippen molar-refractivity contribution in [2.45, 2.75) is 6.92 Å². The van der Waals surface area contributed by atoms with Gasteiger partial charge in [0.2, 0.25) is 0 Å². The summed E-state index contributed by atoms with van der Waals surface area (Å²) in [4.78, 5) is 25.1. The van der Waals surface area contributed by atoms with Crippen LogP contribution in [0.15, 0.2) is 83.3 Å². The highest BCUT2D eigenvalue weighted by atomic mass is 35.5. The third-order valence-corrected chi connectivity index (χ3v) is 5.60. The van der Waals surface area contributed by atoms with E-state index in [9.17, 15) is 9.59 Å². The number of nitrogens with one attached hydrogen (secondary N) is 2. The van der Waals surface area contributed by atoms with E-state index in [4.69, 9.17) is 27.6 Å². The lowest BCUT2D eigenvalue weighted by molar-refractivity contribution is 0.0995. The molecule has 5 nitrogen and oxygen atoms in total. The number of rotatable bonds is 5. The van der Waals surface area contributed by atoms with Crippen LogP contribution >= 0.6 is 23.2 Å². The van der Waals surface area contributed by atoms with Crippen LogP contribution in [0.3, 0.4) is 0 Å². The van der Waals surface area contributed by atoms with E-state index in [0.717, 1.165) is 11.1 Å². The fraction of sp³-hybridized carbons (Fsp3) is 0.0400. The lowest BCUT2D eigenvalue weighted by Gasteiger charge is -2.09. The zero-order chi connectivity index (χ0) is 22.7. The maximum absolute atomic E-state index is 12.7. The molecule has 0 radical (unpaired) electrons. The molecule has 0 atom stereocenters. The Morgan fingerprint density at radius 2 is 1.41 bits per heavy atom. The van der Waals surface area contributed by atoms with E-state index in [1.807, 2.05) is 19.1 Å². The molecule has 0 aliphatic rings. The van der Waals surface area contributed by atoms with E-state index in [1.165, 1.54) is 0 Å². The molecule has 0 saturated carbocycles. The Labute approximate surface area is 195 Å². The van der Waals surface area contributed by atoms with Gasteiger partial charge in [-0.2, -0.15) is 0 Å². The van der Waals surface area contributed by atoms with Crippen LogP contribution < -0.4 is 10.6 Å². The highest BCUT2D eigenvalue weighted by Crippen LogP contribution is 2.30. The normalized spacial score (nSPS) is 10.6. The SMILES string of the molecule is Cc1c(Cl)cccc1-c1ccc(C(=O)Nc2cccc(NC(=O)c3ccccc3Cl)c2)o1. The summed E-state index contributed by atoms with van der Waals surface area (Å²) in [5.74, 6) is -0.0436. The number of carbonyl (C=O) groups excluding carboxylic acids is 2. The molecule has 0 bridgehead atoms. The van der Waals surface area contributed by atoms with Crippen LogP contribution in [0.2, 0.25) is 10.0 Å². The highest BCUT2D eigenvalue weighted by molar-refractivity contribution is 6.34. The highest BCUT2D eigenvalue weighted by Gasteiger charge is 2.15. The predicted octanol–water partition coefficient (Wildman–Crippen LogP) is 7.07. The Kier molecular flexibility index (Phi) is 6.30. The van der Waals surface area contributed by atoms with Crippen LogP contribution in [0.4, 0.5) is 11.4 Å². The number of benzene rings is 3. The number of halogens is 2. The van der Waals surface area contributed by atoms with Crippen LogP contribution in [-0.2, 0) is 0 Å². The molecule has 2 N–H and O–H groups in total. The Hall–Kier alpha value is -3.54. The van der Waals surface area contributed by atoms with Crippen molar-refractivity contribution in [3.8, 4) is 11.3 Å². The van der Waals surface area contributed by atoms with Crippen LogP contribution in [0.1, 0.15) is 26.5 Å². The van der Waals surface area contributed by atoms with Crippen molar-refractivity contribution in [3.05, 3.63) is 106 Å². The van der Waals surface area contributed by atoms with E-state index in [2.05, 4.69) is 10.6 Å². The predicted molar refractivity (Wildman–Crippen MR) is 128 cm³/mol. The van der Waals surface area contributed by atoms with Crippen molar-refractivity contribution < 1.29 is 14.0 Å². The number of anilines is 2. The van der Waals surface area contributed by atoms with Gasteiger partial charge in [0.15, 0.2) is 5.76 Å². The minimum absolute atomic E-state index is 0.157. The standard InChI is InChI=1S/C25H18Cl2N2O3/c1-15-18(9-5-11-20(15)26)22-12-13-23(32-22)25(31)29-17-7-4-6-16(14-17)28-24(30)19-8-2-3-10-21(19)27/h2-14H,1H3,(H,28,30)(H,29,31). The van der Waals surface area contributed by atoms with E-state index in [1.54, 1.807) is 66.7 Å². The Morgan fingerprint density at radius 3 is 2.16 bits per heavy atom. The first-order valence-corrected chi connectivity index (χ1v) is 10.5. The van der Waals surface area contributed by atoms with Crippen molar-refractivity contribution >= 4 is 46.4 Å². The van der Waals surface area contributed by atoms with Gasteiger partial charge in [-0.05, 0) is 61.0 Å². The molecule has 3 aromatic carbocycles. The Balaban J connectivity index is 1.48. The van der Waals surface area contributed by atoms with Crippen molar-refractivity contribution in [2.75, 3.05) is 10.6 Å². The van der Waals surface area contributed by atoms with Crippen molar-refractivity contribution in [1.29, 1.82) is 0 Å². The second-order valence-corrected chi connectivity index (χ2v) is 7.86. The first-order valence-electron chi connectivity index (χ1n) is 9.75. The molecule has 0 aliphatic carbocycles. The Morgan fingerprint density at radius 1 is 0.750 bits per heavy atom. The van der Waals surface area contributed by atoms with Crippen molar-refractivity contribution in [2.24, 2.45) is 0 Å². The van der Waals surface area contributed by atoms with Crippen LogP contribution in [0.5, 0.6) is 0 Å². The monoisotopic (exact) mass is 464 g/mol. The van der Waals surface area contributed by atoms with Gasteiger partial charge in [0.25, 0.3) is 11.8 Å². The molecule has 4 rings (SSSR count). The smallest absolute Gasteiger partial charge is 0.291 e. The lowest BCUT2D eigenvalue weighted by Crippen LogP contribution is -2.14. The first-order chi connectivity index (χ1) is 15.4. The van der Waals surface area contributed by atoms with Gasteiger partial charge in [0, 0.05) is 22.0 Å². The molecule has 4 aromatic rings. The van der Waals surface area contributed by atoms with Crippen LogP contribution in [-0.4, -0.2) is 11.8 Å². The summed E-state index contributed by atoms with van der Waals surface area (Å²) < 4.78 is 5.75. The van der Waals surface area contributed by atoms with Gasteiger partial charge in [0.1, 0.15) is 5.76 Å². The molecule has 0 aliphatic heterocycles. The third kappa shape index (κ3) is 4.69. The molecule has 1 aromatic heterocycles. The maximum atomic E-state index is 12.7. The minimum atomic E-state index is -0.412. The molecule has 7 heteroatoms. The minimum Gasteiger partial charge on any atom is -0.451 e. The summed E-state index contributed by atoms with van der Waals surface area (Å²) in [6.07, 6.45) is 0. The topological polar surface area (TPSA) is 71.3 Å². The average Bonchev–Trinajstić information content (AvgIpc) is 3.26. The van der Waals surface area contributed by atoms with Crippen LogP contribution in [0.25, 0.3) is 11.3 Å². The fourth-order valence-electron chi connectivity index (χ4n) is 3.19. The fourth-order valence-corrected chi connectivity index (χ4v) is 3.59. The molecule has 32 heavy (non-hydrogen) atoms. The molecule has 0 unspecified atom stereocenters. The lowest BCUT2D eigenvalue weighted by atomic mass is 10.1. The van der Waals surface area contributed by atoms with Gasteiger partial charge in [0.05, 0.1) is 10.6 Å². The zero-order valence-corrected chi connectivity index (χ0v) is 18.5. The largest absolute Gasteiger partial charge is 0.451 e. The molecule has 0 saturated heterocycles. The van der Waals surface area contributed by atoms with E-state index < -0.39 is 5.91 Å². The van der Waals surface area contributed by atoms with E-state index in [-0.39, 0.29) is 11.7 Å². The maximum Gasteiger partial charge on any atom is 0.291 e. The van der Waals surface area contributed by atoms with Gasteiger partial charge in [-0.3, -0.25) is 9.59 Å². The number of hydrogen-bond acceptors (Lipinski definition) is 3. The van der Waals surface area contributed by atoms with E-state index in [0.29, 0.717) is 32.7 Å². The molecule has 1 heterocycles. The quantitative estimate of drug-likeness (QED) is 0.331. The van der Waals surface area contributed by atoms with Gasteiger partial charge >= 0.3 is 0 Å². The number of hydrogen-bond donors (Lipinski definition) is 2. The molecule has 160 valence electrons. The summed E-state index contributed by atoms with van der Waals surface area (Å²) in [6.45, 7) is 1.89. The van der Waals surface area contributed by atoms with Gasteiger partial charge in [-0.15, -0.1) is 0 Å². The second kappa shape index (κ2) is 9.30. The van der Waals surface area contributed by atoms with Gasteiger partial charge < -0.3 is 15.1 Å². The average molecular weight is 465 g/mol. The molecular formula is C25H18Cl2N2O3. The summed E-state index contributed by atoms with van der Waals surface area (Å²) in [7, 11) is 0. The molecule has 0 spiro atoms. The molecular weight excluding hydrogens is 447 g/mol. The number of amides is 2. The van der Waals surface area contributed by atoms with Crippen molar-refractivity contribution in [1.82, 2.24) is 0 Å². The zero-order valence-electron chi connectivity index (χ0n) is 17.0. The summed E-state index contributed by atoms with van der Waals surface area (Å²) in [6, 6.07) is 22.4. The van der Waals surface area contributed by atoms with Gasteiger partial charge in [-0.25, -0.2) is 0 Å². The van der Waals surface area contributed by atoms with Crippen LogP contribution in [0, 0.1) is 6.92 Å². The Bertz CT molecular complexity index is 1310. The van der Waals surface area contributed by atoms with Gasteiger partial charge in [-0.1, -0.05) is 53.5 Å². The summed E-state index contributed by atoms with van der Waals surface area (Å²) in [5, 5.41) is 6.54.